The molecule has 5 nitrogen and oxygen atoms in total. The zero-order chi connectivity index (χ0) is 15.3. The van der Waals surface area contributed by atoms with Gasteiger partial charge in [-0.15, -0.1) is 0 Å². The maximum Gasteiger partial charge on any atom is 0.407 e. The predicted molar refractivity (Wildman–Crippen MR) is 79.2 cm³/mol. The lowest BCUT2D eigenvalue weighted by atomic mass is 10.0. The van der Waals surface area contributed by atoms with Crippen LogP contribution in [0.1, 0.15) is 26.3 Å². The van der Waals surface area contributed by atoms with Gasteiger partial charge in [0.25, 0.3) is 0 Å². The fraction of sp³-hybridized carbons (Fsp3) is 0.533. The van der Waals surface area contributed by atoms with Crippen LogP contribution in [0.2, 0.25) is 0 Å². The van der Waals surface area contributed by atoms with Crippen molar-refractivity contribution in [2.75, 3.05) is 13.7 Å². The molecule has 0 heterocycles. The Balaban J connectivity index is 2.65. The van der Waals surface area contributed by atoms with Crippen molar-refractivity contribution < 1.29 is 14.6 Å². The lowest BCUT2D eigenvalue weighted by molar-refractivity contribution is 0.0960. The number of benzene rings is 1. The minimum atomic E-state index is -0.942. The van der Waals surface area contributed by atoms with E-state index in [9.17, 15) is 9.90 Å². The summed E-state index contributed by atoms with van der Waals surface area (Å²) in [4.78, 5) is 12.6. The molecule has 112 valence electrons. The molecule has 1 rings (SSSR count). The summed E-state index contributed by atoms with van der Waals surface area (Å²) >= 11 is 0. The monoisotopic (exact) mass is 280 g/mol. The van der Waals surface area contributed by atoms with Crippen molar-refractivity contribution in [2.45, 2.75) is 38.8 Å². The van der Waals surface area contributed by atoms with Crippen molar-refractivity contribution in [3.8, 4) is 5.75 Å². The Morgan fingerprint density at radius 3 is 2.30 bits per heavy atom. The van der Waals surface area contributed by atoms with Crippen molar-refractivity contribution in [3.63, 3.8) is 0 Å². The summed E-state index contributed by atoms with van der Waals surface area (Å²) in [5.41, 5.74) is 6.69. The number of amides is 1. The third-order valence-electron chi connectivity index (χ3n) is 3.11. The summed E-state index contributed by atoms with van der Waals surface area (Å²) in [6.45, 7) is 5.90. The van der Waals surface area contributed by atoms with Gasteiger partial charge < -0.3 is 20.5 Å². The summed E-state index contributed by atoms with van der Waals surface area (Å²) in [7, 11) is 1.62. The van der Waals surface area contributed by atoms with Crippen molar-refractivity contribution in [3.05, 3.63) is 29.8 Å². The Morgan fingerprint density at radius 1 is 1.35 bits per heavy atom. The van der Waals surface area contributed by atoms with E-state index in [4.69, 9.17) is 10.5 Å². The molecule has 20 heavy (non-hydrogen) atoms. The molecule has 0 saturated carbocycles. The van der Waals surface area contributed by atoms with Crippen LogP contribution in [0.4, 0.5) is 4.79 Å². The van der Waals surface area contributed by atoms with E-state index in [1.54, 1.807) is 7.11 Å². The number of carbonyl (C=O) groups is 1. The first kappa shape index (κ1) is 16.3. The third-order valence-corrected chi connectivity index (χ3v) is 3.11. The Bertz CT molecular complexity index is 437. The third kappa shape index (κ3) is 4.74. The van der Waals surface area contributed by atoms with Gasteiger partial charge in [0.1, 0.15) is 5.75 Å². The van der Waals surface area contributed by atoms with E-state index in [-0.39, 0.29) is 6.04 Å². The van der Waals surface area contributed by atoms with Gasteiger partial charge in [-0.3, -0.25) is 0 Å². The molecule has 0 aromatic heterocycles. The minimum absolute atomic E-state index is 0.237. The smallest absolute Gasteiger partial charge is 0.407 e. The van der Waals surface area contributed by atoms with Gasteiger partial charge in [0.15, 0.2) is 0 Å². The van der Waals surface area contributed by atoms with Crippen LogP contribution in [0.15, 0.2) is 24.3 Å². The molecule has 5 heteroatoms. The molecular weight excluding hydrogens is 256 g/mol. The van der Waals surface area contributed by atoms with Crippen LogP contribution in [-0.2, 0) is 6.42 Å². The van der Waals surface area contributed by atoms with Crippen LogP contribution in [0.3, 0.4) is 0 Å². The summed E-state index contributed by atoms with van der Waals surface area (Å²) in [5.74, 6) is 0.796. The molecule has 0 saturated heterocycles. The van der Waals surface area contributed by atoms with Crippen molar-refractivity contribution in [1.82, 2.24) is 4.90 Å². The number of methoxy groups -OCH3 is 1. The normalized spacial score (nSPS) is 12.8. The lowest BCUT2D eigenvalue weighted by Gasteiger charge is -2.35. The topological polar surface area (TPSA) is 75.8 Å². The van der Waals surface area contributed by atoms with Crippen molar-refractivity contribution in [1.29, 1.82) is 0 Å². The molecule has 0 aliphatic rings. The molecule has 1 atom stereocenters. The quantitative estimate of drug-likeness (QED) is 0.868. The van der Waals surface area contributed by atoms with Crippen LogP contribution in [-0.4, -0.2) is 41.3 Å². The number of hydrogen-bond donors (Lipinski definition) is 2. The lowest BCUT2D eigenvalue weighted by Crippen LogP contribution is -2.50. The molecule has 0 bridgehead atoms. The predicted octanol–water partition coefficient (Wildman–Crippen LogP) is 2.34. The number of rotatable bonds is 5. The van der Waals surface area contributed by atoms with E-state index in [0.29, 0.717) is 13.0 Å². The maximum atomic E-state index is 11.3. The van der Waals surface area contributed by atoms with Gasteiger partial charge in [0.05, 0.1) is 7.11 Å². The van der Waals surface area contributed by atoms with Gasteiger partial charge >= 0.3 is 6.09 Å². The Morgan fingerprint density at radius 2 is 1.90 bits per heavy atom. The minimum Gasteiger partial charge on any atom is -0.497 e. The molecule has 0 aliphatic carbocycles. The van der Waals surface area contributed by atoms with Gasteiger partial charge in [0, 0.05) is 18.1 Å². The number of hydrogen-bond acceptors (Lipinski definition) is 3. The number of carboxylic acid groups (broad SMARTS) is 1. The molecule has 3 N–H and O–H groups in total. The van der Waals surface area contributed by atoms with Crippen LogP contribution in [0, 0.1) is 0 Å². The number of nitrogens with zero attached hydrogens (tertiary/aromatic N) is 1. The van der Waals surface area contributed by atoms with E-state index in [1.165, 1.54) is 4.90 Å². The van der Waals surface area contributed by atoms with E-state index in [0.717, 1.165) is 11.3 Å². The van der Waals surface area contributed by atoms with E-state index in [2.05, 4.69) is 0 Å². The number of nitrogens with two attached hydrogens (primary N) is 1. The molecule has 1 aromatic rings. The van der Waals surface area contributed by atoms with Gasteiger partial charge in [-0.1, -0.05) is 12.1 Å². The molecule has 0 aliphatic heterocycles. The van der Waals surface area contributed by atoms with Crippen molar-refractivity contribution in [2.24, 2.45) is 5.73 Å². The average Bonchev–Trinajstić information content (AvgIpc) is 2.35. The average molecular weight is 280 g/mol. The van der Waals surface area contributed by atoms with E-state index in [1.807, 2.05) is 45.0 Å². The van der Waals surface area contributed by atoms with Crippen LogP contribution >= 0.6 is 0 Å². The second kappa shape index (κ2) is 6.61. The Labute approximate surface area is 120 Å². The first-order valence-corrected chi connectivity index (χ1v) is 6.63. The highest BCUT2D eigenvalue weighted by Gasteiger charge is 2.27. The van der Waals surface area contributed by atoms with Gasteiger partial charge in [-0.05, 0) is 44.9 Å². The van der Waals surface area contributed by atoms with Crippen LogP contribution in [0.25, 0.3) is 0 Å². The fourth-order valence-corrected chi connectivity index (χ4v) is 2.00. The van der Waals surface area contributed by atoms with E-state index >= 15 is 0 Å². The van der Waals surface area contributed by atoms with E-state index < -0.39 is 11.6 Å². The zero-order valence-electron chi connectivity index (χ0n) is 12.6. The molecule has 0 unspecified atom stereocenters. The molecule has 0 radical (unpaired) electrons. The summed E-state index contributed by atoms with van der Waals surface area (Å²) in [6, 6.07) is 7.40. The highest BCUT2D eigenvalue weighted by molar-refractivity contribution is 5.66. The Hall–Kier alpha value is -1.75. The largest absolute Gasteiger partial charge is 0.497 e. The van der Waals surface area contributed by atoms with Gasteiger partial charge in [-0.25, -0.2) is 4.79 Å². The van der Waals surface area contributed by atoms with Crippen LogP contribution < -0.4 is 10.5 Å². The van der Waals surface area contributed by atoms with Gasteiger partial charge in [-0.2, -0.15) is 0 Å². The highest BCUT2D eigenvalue weighted by atomic mass is 16.5. The zero-order valence-corrected chi connectivity index (χ0v) is 12.6. The standard InChI is InChI=1S/C15H24N2O3/c1-15(2,3)17(14(18)19)10-12(16)9-11-5-7-13(20-4)8-6-11/h5-8,12H,9-10,16H2,1-4H3,(H,18,19)/t12-/m0/s1. The van der Waals surface area contributed by atoms with Crippen molar-refractivity contribution >= 4 is 6.09 Å². The second-order valence-corrected chi connectivity index (χ2v) is 5.88. The molecular formula is C15H24N2O3. The summed E-state index contributed by atoms with van der Waals surface area (Å²) < 4.78 is 5.10. The molecule has 1 amide bonds. The Kier molecular flexibility index (Phi) is 5.39. The summed E-state index contributed by atoms with van der Waals surface area (Å²) in [5, 5.41) is 9.25. The maximum absolute atomic E-state index is 11.3. The second-order valence-electron chi connectivity index (χ2n) is 5.88. The fourth-order valence-electron chi connectivity index (χ4n) is 2.00. The first-order chi connectivity index (χ1) is 9.24. The number of ether oxygens (including phenoxy) is 1. The van der Waals surface area contributed by atoms with Crippen LogP contribution in [0.5, 0.6) is 5.75 Å². The van der Waals surface area contributed by atoms with Gasteiger partial charge in [0.2, 0.25) is 0 Å². The highest BCUT2D eigenvalue weighted by Crippen LogP contribution is 2.16. The summed E-state index contributed by atoms with van der Waals surface area (Å²) in [6.07, 6.45) is -0.313. The molecule has 0 spiro atoms. The molecule has 0 fully saturated rings. The molecule has 1 aromatic carbocycles. The first-order valence-electron chi connectivity index (χ1n) is 6.63. The SMILES string of the molecule is COc1ccc(C[C@H](N)CN(C(=O)O)C(C)(C)C)cc1.